The van der Waals surface area contributed by atoms with Crippen LogP contribution in [0.1, 0.15) is 38.8 Å². The van der Waals surface area contributed by atoms with Crippen LogP contribution in [0.2, 0.25) is 0 Å². The normalized spacial score (nSPS) is 18.3. The first kappa shape index (κ1) is 27.4. The Morgan fingerprint density at radius 1 is 0.974 bits per heavy atom. The van der Waals surface area contributed by atoms with Crippen molar-refractivity contribution in [1.29, 1.82) is 0 Å². The van der Waals surface area contributed by atoms with E-state index in [0.29, 0.717) is 5.69 Å². The van der Waals surface area contributed by atoms with Crippen molar-refractivity contribution in [3.63, 3.8) is 0 Å². The molecule has 2 heterocycles. The summed E-state index contributed by atoms with van der Waals surface area (Å²) in [5, 5.41) is 0. The zero-order valence-corrected chi connectivity index (χ0v) is 22.2. The van der Waals surface area contributed by atoms with E-state index in [2.05, 4.69) is 0 Å². The lowest BCUT2D eigenvalue weighted by atomic mass is 9.66. The Bertz CT molecular complexity index is 1380. The predicted octanol–water partition coefficient (Wildman–Crippen LogP) is 3.00. The first-order chi connectivity index (χ1) is 18.6. The van der Waals surface area contributed by atoms with Crippen molar-refractivity contribution in [2.45, 2.75) is 45.8 Å². The van der Waals surface area contributed by atoms with Gasteiger partial charge < -0.3 is 29.6 Å². The number of cyclic esters (lactones) is 1. The number of nitrogens with two attached hydrogens (primary N) is 1. The summed E-state index contributed by atoms with van der Waals surface area (Å²) in [4.78, 5) is 54.9. The Balaban J connectivity index is 1.86. The van der Waals surface area contributed by atoms with Crippen LogP contribution >= 0.6 is 0 Å². The Hall–Kier alpha value is -4.60. The Morgan fingerprint density at radius 3 is 2.31 bits per heavy atom. The molecule has 10 nitrogen and oxygen atoms in total. The third-order valence-corrected chi connectivity index (χ3v) is 6.36. The van der Waals surface area contributed by atoms with Crippen molar-refractivity contribution >= 4 is 29.6 Å². The molecule has 0 aromatic heterocycles. The number of hydrogen-bond donors (Lipinski definition) is 1. The number of para-hydroxylation sites is 1. The van der Waals surface area contributed by atoms with Crippen LogP contribution < -0.4 is 10.6 Å². The minimum absolute atomic E-state index is 0.0224. The maximum Gasteiger partial charge on any atom is 0.339 e. The molecule has 0 unspecified atom stereocenters. The van der Waals surface area contributed by atoms with Crippen molar-refractivity contribution < 1.29 is 38.1 Å². The molecule has 204 valence electrons. The molecule has 2 aromatic carbocycles. The third-order valence-electron chi connectivity index (χ3n) is 6.36. The molecule has 2 N–H and O–H groups in total. The summed E-state index contributed by atoms with van der Waals surface area (Å²) in [5.74, 6) is -3.57. The fourth-order valence-corrected chi connectivity index (χ4v) is 4.84. The average Bonchev–Trinajstić information content (AvgIpc) is 3.15. The van der Waals surface area contributed by atoms with Crippen LogP contribution in [0.3, 0.4) is 0 Å². The molecule has 2 aromatic rings. The zero-order chi connectivity index (χ0) is 28.3. The largest absolute Gasteiger partial charge is 0.462 e. The molecule has 0 aliphatic carbocycles. The number of allylic oxidation sites excluding steroid dienone is 1. The zero-order valence-electron chi connectivity index (χ0n) is 22.2. The molecule has 0 fully saturated rings. The number of anilines is 1. The molecule has 1 atom stereocenters. The van der Waals surface area contributed by atoms with Gasteiger partial charge in [-0.15, -0.1) is 0 Å². The summed E-state index contributed by atoms with van der Waals surface area (Å²) >= 11 is 0. The maximum absolute atomic E-state index is 13.7. The van der Waals surface area contributed by atoms with Crippen molar-refractivity contribution in [2.24, 2.45) is 5.73 Å². The molecule has 2 aliphatic rings. The molecule has 0 amide bonds. The van der Waals surface area contributed by atoms with E-state index in [4.69, 9.17) is 24.7 Å². The van der Waals surface area contributed by atoms with E-state index in [9.17, 15) is 19.2 Å². The molecular weight excluding hydrogens is 504 g/mol. The quantitative estimate of drug-likeness (QED) is 0.398. The average molecular weight is 535 g/mol. The van der Waals surface area contributed by atoms with Crippen LogP contribution in [0.15, 0.2) is 77.3 Å². The molecule has 0 bridgehead atoms. The van der Waals surface area contributed by atoms with Gasteiger partial charge in [-0.3, -0.25) is 4.79 Å². The second-order valence-electron chi connectivity index (χ2n) is 9.26. The summed E-state index contributed by atoms with van der Waals surface area (Å²) in [5.41, 5.74) is 5.32. The molecule has 39 heavy (non-hydrogen) atoms. The van der Waals surface area contributed by atoms with Gasteiger partial charge in [0.25, 0.3) is 0 Å². The van der Waals surface area contributed by atoms with Crippen molar-refractivity contribution in [3.8, 4) is 0 Å². The van der Waals surface area contributed by atoms with E-state index >= 15 is 0 Å². The highest BCUT2D eigenvalue weighted by molar-refractivity contribution is 6.16. The van der Waals surface area contributed by atoms with Crippen LogP contribution in [-0.2, 0) is 50.1 Å². The van der Waals surface area contributed by atoms with Crippen LogP contribution in [0.4, 0.5) is 5.69 Å². The fraction of sp³-hybridized carbons (Fsp3) is 0.310. The molecule has 2 aliphatic heterocycles. The first-order valence-corrected chi connectivity index (χ1v) is 12.5. The molecule has 0 radical (unpaired) electrons. The Labute approximate surface area is 226 Å². The number of fused-ring (bicyclic) bond motifs is 2. The number of benzene rings is 2. The van der Waals surface area contributed by atoms with E-state index in [-0.39, 0.29) is 48.0 Å². The number of hydrogen-bond acceptors (Lipinski definition) is 10. The van der Waals surface area contributed by atoms with Crippen LogP contribution in [0.25, 0.3) is 0 Å². The first-order valence-electron chi connectivity index (χ1n) is 12.5. The summed E-state index contributed by atoms with van der Waals surface area (Å²) in [6.07, 6.45) is -0.521. The van der Waals surface area contributed by atoms with E-state index in [1.165, 1.54) is 11.8 Å². The highest BCUT2D eigenvalue weighted by Crippen LogP contribution is 2.54. The minimum atomic E-state index is -2.06. The lowest BCUT2D eigenvalue weighted by Gasteiger charge is -2.40. The van der Waals surface area contributed by atoms with Gasteiger partial charge >= 0.3 is 23.9 Å². The lowest BCUT2D eigenvalue weighted by molar-refractivity contribution is -0.148. The molecule has 0 saturated heterocycles. The van der Waals surface area contributed by atoms with Gasteiger partial charge in [-0.1, -0.05) is 48.5 Å². The molecule has 0 saturated carbocycles. The monoisotopic (exact) mass is 534 g/mol. The number of rotatable bonds is 8. The highest BCUT2D eigenvalue weighted by atomic mass is 16.6. The maximum atomic E-state index is 13.7. The smallest absolute Gasteiger partial charge is 0.339 e. The fourth-order valence-electron chi connectivity index (χ4n) is 4.84. The van der Waals surface area contributed by atoms with Crippen molar-refractivity contribution in [2.75, 3.05) is 18.1 Å². The van der Waals surface area contributed by atoms with Crippen LogP contribution in [-0.4, -0.2) is 43.1 Å². The van der Waals surface area contributed by atoms with Gasteiger partial charge in [0.15, 0.2) is 5.41 Å². The SMILES string of the molecule is CCOC(=O)C1=C(N)N(CC(=O)OCc2ccccc2)c2ccccc2[C@]12C(=O)OC(C)=C2C(=O)OC(C)C. The van der Waals surface area contributed by atoms with Gasteiger partial charge in [-0.05, 0) is 39.3 Å². The van der Waals surface area contributed by atoms with Gasteiger partial charge in [-0.25, -0.2) is 14.4 Å². The van der Waals surface area contributed by atoms with Gasteiger partial charge in [0.2, 0.25) is 0 Å². The van der Waals surface area contributed by atoms with E-state index < -0.39 is 35.4 Å². The number of ether oxygens (including phenoxy) is 4. The van der Waals surface area contributed by atoms with Crippen molar-refractivity contribution in [3.05, 3.63) is 88.5 Å². The van der Waals surface area contributed by atoms with E-state index in [0.717, 1.165) is 5.56 Å². The molecule has 4 rings (SSSR count). The Kier molecular flexibility index (Phi) is 7.75. The van der Waals surface area contributed by atoms with Crippen LogP contribution in [0.5, 0.6) is 0 Å². The van der Waals surface area contributed by atoms with Gasteiger partial charge in [0, 0.05) is 11.3 Å². The molecular formula is C29H30N2O8. The van der Waals surface area contributed by atoms with Gasteiger partial charge in [0.05, 0.1) is 12.7 Å². The van der Waals surface area contributed by atoms with Crippen LogP contribution in [0, 0.1) is 0 Å². The highest BCUT2D eigenvalue weighted by Gasteiger charge is 2.63. The van der Waals surface area contributed by atoms with Crippen molar-refractivity contribution in [1.82, 2.24) is 0 Å². The predicted molar refractivity (Wildman–Crippen MR) is 140 cm³/mol. The minimum Gasteiger partial charge on any atom is -0.462 e. The number of carbonyl (C=O) groups is 4. The standard InChI is InChI=1S/C29H30N2O8/c1-5-36-26(33)24-25(30)31(15-22(32)37-16-19-11-7-6-8-12-19)21-14-10-9-13-20(21)29(24)23(18(4)39-28(29)35)27(34)38-17(2)3/h6-14,17H,5,15-16,30H2,1-4H3/t29-/m1/s1. The molecule has 10 heteroatoms. The number of esters is 4. The molecule has 1 spiro atoms. The van der Waals surface area contributed by atoms with Gasteiger partial charge in [0.1, 0.15) is 35.9 Å². The van der Waals surface area contributed by atoms with E-state index in [1.807, 2.05) is 30.3 Å². The van der Waals surface area contributed by atoms with Gasteiger partial charge in [-0.2, -0.15) is 0 Å². The summed E-state index contributed by atoms with van der Waals surface area (Å²) in [6, 6.07) is 15.7. The third kappa shape index (κ3) is 4.85. The lowest BCUT2D eigenvalue weighted by Crippen LogP contribution is -2.51. The second kappa shape index (κ2) is 11.0. The second-order valence-corrected chi connectivity index (χ2v) is 9.26. The summed E-state index contributed by atoms with van der Waals surface area (Å²) in [7, 11) is 0. The number of nitrogens with zero attached hydrogens (tertiary/aromatic N) is 1. The topological polar surface area (TPSA) is 134 Å². The summed E-state index contributed by atoms with van der Waals surface area (Å²) < 4.78 is 21.7. The summed E-state index contributed by atoms with van der Waals surface area (Å²) in [6.45, 7) is 5.98. The Morgan fingerprint density at radius 2 is 1.64 bits per heavy atom. The van der Waals surface area contributed by atoms with E-state index in [1.54, 1.807) is 45.0 Å². The number of carbonyl (C=O) groups excluding carboxylic acids is 4.